The second-order valence-electron chi connectivity index (χ2n) is 4.45. The Morgan fingerprint density at radius 3 is 2.75 bits per heavy atom. The number of aromatic amines is 1. The third-order valence-electron chi connectivity index (χ3n) is 3.19. The Morgan fingerprint density at radius 1 is 1.50 bits per heavy atom. The van der Waals surface area contributed by atoms with Gasteiger partial charge in [0.25, 0.3) is 5.69 Å². The van der Waals surface area contributed by atoms with Gasteiger partial charge in [-0.05, 0) is 18.9 Å². The molecule has 1 aromatic carbocycles. The first-order valence-electron chi connectivity index (χ1n) is 5.99. The van der Waals surface area contributed by atoms with Gasteiger partial charge in [0, 0.05) is 18.2 Å². The van der Waals surface area contributed by atoms with Crippen LogP contribution >= 0.6 is 0 Å². The van der Waals surface area contributed by atoms with Crippen LogP contribution in [-0.4, -0.2) is 28.1 Å². The number of fused-ring (bicyclic) bond motifs is 1. The summed E-state index contributed by atoms with van der Waals surface area (Å²) in [7, 11) is 1.44. The molecule has 0 aliphatic carbocycles. The lowest BCUT2D eigenvalue weighted by atomic mass is 10.0. The molecule has 0 fully saturated rings. The Bertz CT molecular complexity index is 690. The number of carboxylic acid groups (broad SMARTS) is 1. The van der Waals surface area contributed by atoms with E-state index in [1.54, 1.807) is 13.0 Å². The molecule has 0 aliphatic rings. The number of nitrogens with one attached hydrogen (secondary N) is 1. The summed E-state index contributed by atoms with van der Waals surface area (Å²) in [6.07, 6.45) is 0.172. The topological polar surface area (TPSA) is 105 Å². The molecular weight excluding hydrogens is 264 g/mol. The number of aromatic nitrogens is 1. The second kappa shape index (κ2) is 5.20. The molecule has 0 amide bonds. The summed E-state index contributed by atoms with van der Waals surface area (Å²) in [5, 5.41) is 20.4. The number of aryl methyl sites for hydroxylation is 2. The van der Waals surface area contributed by atoms with Crippen molar-refractivity contribution in [3.8, 4) is 5.75 Å². The highest BCUT2D eigenvalue weighted by molar-refractivity contribution is 5.94. The van der Waals surface area contributed by atoms with E-state index in [9.17, 15) is 14.9 Å². The normalized spacial score (nSPS) is 10.7. The maximum absolute atomic E-state index is 11.2. The Morgan fingerprint density at radius 2 is 2.20 bits per heavy atom. The van der Waals surface area contributed by atoms with Crippen molar-refractivity contribution in [3.63, 3.8) is 0 Å². The van der Waals surface area contributed by atoms with Crippen LogP contribution in [0.1, 0.15) is 17.7 Å². The molecule has 0 aliphatic heterocycles. The van der Waals surface area contributed by atoms with E-state index in [4.69, 9.17) is 9.84 Å². The monoisotopic (exact) mass is 278 g/mol. The zero-order valence-electron chi connectivity index (χ0n) is 11.1. The van der Waals surface area contributed by atoms with Crippen molar-refractivity contribution in [1.29, 1.82) is 0 Å². The molecule has 0 radical (unpaired) electrons. The molecule has 0 saturated heterocycles. The average Bonchev–Trinajstić information content (AvgIpc) is 2.70. The van der Waals surface area contributed by atoms with E-state index in [0.717, 1.165) is 5.69 Å². The van der Waals surface area contributed by atoms with Crippen molar-refractivity contribution in [2.24, 2.45) is 0 Å². The fourth-order valence-corrected chi connectivity index (χ4v) is 2.29. The standard InChI is InChI=1S/C13H14N2O5/c1-7-9(3-4-12(16)17)13-10(14-7)5-8(20-2)6-11(13)15(18)19/h5-6,14H,3-4H2,1-2H3,(H,16,17). The van der Waals surface area contributed by atoms with Gasteiger partial charge in [0.2, 0.25) is 0 Å². The molecular formula is C13H14N2O5. The van der Waals surface area contributed by atoms with Crippen molar-refractivity contribution >= 4 is 22.6 Å². The van der Waals surface area contributed by atoms with Crippen LogP contribution in [0.15, 0.2) is 12.1 Å². The Hall–Kier alpha value is -2.57. The maximum atomic E-state index is 11.2. The second-order valence-corrected chi connectivity index (χ2v) is 4.45. The molecule has 0 saturated carbocycles. The van der Waals surface area contributed by atoms with Crippen LogP contribution in [0.5, 0.6) is 5.75 Å². The summed E-state index contributed by atoms with van der Waals surface area (Å²) in [5.41, 5.74) is 1.90. The highest BCUT2D eigenvalue weighted by Gasteiger charge is 2.21. The van der Waals surface area contributed by atoms with Crippen molar-refractivity contribution in [3.05, 3.63) is 33.5 Å². The van der Waals surface area contributed by atoms with Gasteiger partial charge in [-0.1, -0.05) is 0 Å². The van der Waals surface area contributed by atoms with E-state index in [1.807, 2.05) is 0 Å². The smallest absolute Gasteiger partial charge is 0.303 e. The van der Waals surface area contributed by atoms with Crippen molar-refractivity contribution in [2.45, 2.75) is 19.8 Å². The largest absolute Gasteiger partial charge is 0.496 e. The molecule has 20 heavy (non-hydrogen) atoms. The van der Waals surface area contributed by atoms with Crippen LogP contribution in [-0.2, 0) is 11.2 Å². The first-order valence-corrected chi connectivity index (χ1v) is 5.99. The first kappa shape index (κ1) is 13.9. The number of hydrogen-bond acceptors (Lipinski definition) is 4. The number of methoxy groups -OCH3 is 1. The Labute approximate surface area is 114 Å². The number of rotatable bonds is 5. The molecule has 0 bridgehead atoms. The third-order valence-corrected chi connectivity index (χ3v) is 3.19. The van der Waals surface area contributed by atoms with Crippen molar-refractivity contribution < 1.29 is 19.6 Å². The quantitative estimate of drug-likeness (QED) is 0.645. The number of H-pyrrole nitrogens is 1. The minimum Gasteiger partial charge on any atom is -0.496 e. The van der Waals surface area contributed by atoms with Gasteiger partial charge in [0.15, 0.2) is 0 Å². The molecule has 106 valence electrons. The number of hydrogen-bond donors (Lipinski definition) is 2. The summed E-state index contributed by atoms with van der Waals surface area (Å²) in [6.45, 7) is 1.77. The Kier molecular flexibility index (Phi) is 3.60. The molecule has 0 atom stereocenters. The van der Waals surface area contributed by atoms with Gasteiger partial charge >= 0.3 is 5.97 Å². The summed E-state index contributed by atoms with van der Waals surface area (Å²) in [6, 6.07) is 3.01. The minimum atomic E-state index is -0.935. The van der Waals surface area contributed by atoms with E-state index in [-0.39, 0.29) is 18.5 Å². The van der Waals surface area contributed by atoms with Gasteiger partial charge in [-0.25, -0.2) is 0 Å². The highest BCUT2D eigenvalue weighted by Crippen LogP contribution is 2.35. The van der Waals surface area contributed by atoms with Gasteiger partial charge in [-0.2, -0.15) is 0 Å². The lowest BCUT2D eigenvalue weighted by Crippen LogP contribution is -1.99. The van der Waals surface area contributed by atoms with Gasteiger partial charge < -0.3 is 14.8 Å². The van der Waals surface area contributed by atoms with Gasteiger partial charge in [-0.3, -0.25) is 14.9 Å². The molecule has 0 spiro atoms. The number of carbonyl (C=O) groups is 1. The summed E-state index contributed by atoms with van der Waals surface area (Å²) in [4.78, 5) is 24.5. The van der Waals surface area contributed by atoms with Crippen LogP contribution in [0.3, 0.4) is 0 Å². The molecule has 7 nitrogen and oxygen atoms in total. The number of nitro benzene ring substituents is 1. The van der Waals surface area contributed by atoms with Gasteiger partial charge in [0.1, 0.15) is 5.75 Å². The van der Waals surface area contributed by atoms with Crippen LogP contribution in [0.25, 0.3) is 10.9 Å². The van der Waals surface area contributed by atoms with Gasteiger partial charge in [0.05, 0.1) is 29.0 Å². The molecule has 2 aromatic rings. The fraction of sp³-hybridized carbons (Fsp3) is 0.308. The predicted octanol–water partition coefficient (Wildman–Crippen LogP) is 2.41. The average molecular weight is 278 g/mol. The van der Waals surface area contributed by atoms with Crippen molar-refractivity contribution in [1.82, 2.24) is 4.98 Å². The molecule has 2 N–H and O–H groups in total. The number of carboxylic acids is 1. The van der Waals surface area contributed by atoms with Crippen LogP contribution in [0.2, 0.25) is 0 Å². The third kappa shape index (κ3) is 2.42. The summed E-state index contributed by atoms with van der Waals surface area (Å²) < 4.78 is 5.04. The van der Waals surface area contributed by atoms with E-state index in [2.05, 4.69) is 4.98 Å². The lowest BCUT2D eigenvalue weighted by Gasteiger charge is -2.03. The number of benzene rings is 1. The van der Waals surface area contributed by atoms with E-state index in [0.29, 0.717) is 22.2 Å². The Balaban J connectivity index is 2.66. The molecule has 0 unspecified atom stereocenters. The molecule has 1 aromatic heterocycles. The van der Waals surface area contributed by atoms with Crippen molar-refractivity contribution in [2.75, 3.05) is 7.11 Å². The van der Waals surface area contributed by atoms with Gasteiger partial charge in [-0.15, -0.1) is 0 Å². The van der Waals surface area contributed by atoms with E-state index >= 15 is 0 Å². The predicted molar refractivity (Wildman–Crippen MR) is 72.2 cm³/mol. The fourth-order valence-electron chi connectivity index (χ4n) is 2.29. The molecule has 7 heteroatoms. The van der Waals surface area contributed by atoms with Crippen LogP contribution in [0.4, 0.5) is 5.69 Å². The number of aliphatic carboxylic acids is 1. The minimum absolute atomic E-state index is 0.0724. The van der Waals surface area contributed by atoms with E-state index in [1.165, 1.54) is 13.2 Å². The summed E-state index contributed by atoms with van der Waals surface area (Å²) >= 11 is 0. The first-order chi connectivity index (χ1) is 9.43. The highest BCUT2D eigenvalue weighted by atomic mass is 16.6. The maximum Gasteiger partial charge on any atom is 0.303 e. The lowest BCUT2D eigenvalue weighted by molar-refractivity contribution is -0.383. The number of ether oxygens (including phenoxy) is 1. The number of non-ortho nitro benzene ring substituents is 1. The molecule has 1 heterocycles. The summed E-state index contributed by atoms with van der Waals surface area (Å²) in [5.74, 6) is -0.551. The van der Waals surface area contributed by atoms with E-state index < -0.39 is 10.9 Å². The molecule has 2 rings (SSSR count). The number of nitro groups is 1. The SMILES string of the molecule is COc1cc([N+](=O)[O-])c2c(CCC(=O)O)c(C)[nH]c2c1. The zero-order chi connectivity index (χ0) is 14.9. The van der Waals surface area contributed by atoms with Crippen LogP contribution in [0, 0.1) is 17.0 Å². The van der Waals surface area contributed by atoms with Crippen LogP contribution < -0.4 is 4.74 Å². The number of nitrogens with zero attached hydrogens (tertiary/aromatic N) is 1. The zero-order valence-corrected chi connectivity index (χ0v) is 11.1.